The highest BCUT2D eigenvalue weighted by molar-refractivity contribution is 9.08. The van der Waals surface area contributed by atoms with Crippen molar-refractivity contribution in [2.24, 2.45) is 0 Å². The third kappa shape index (κ3) is 20.4. The first kappa shape index (κ1) is 56.7. The van der Waals surface area contributed by atoms with E-state index in [1.54, 1.807) is 49.3 Å². The second-order valence-corrected chi connectivity index (χ2v) is 18.8. The van der Waals surface area contributed by atoms with Crippen molar-refractivity contribution in [2.75, 3.05) is 18.2 Å². The Hall–Kier alpha value is -4.30. The zero-order valence-electron chi connectivity index (χ0n) is 34.2. The van der Waals surface area contributed by atoms with Gasteiger partial charge in [-0.05, 0) is 135 Å². The van der Waals surface area contributed by atoms with E-state index in [9.17, 15) is 53.2 Å². The van der Waals surface area contributed by atoms with Crippen LogP contribution in [0.2, 0.25) is 20.1 Å². The molecule has 0 atom stereocenters. The summed E-state index contributed by atoms with van der Waals surface area (Å²) >= 11 is 25.9. The molecular formula is C41H39BrCl4F5N3O7S2. The maximum absolute atomic E-state index is 13.5. The number of nitrogen functional groups attached to an aromatic ring is 1. The summed E-state index contributed by atoms with van der Waals surface area (Å²) in [5.74, 6) is -5.03. The van der Waals surface area contributed by atoms with Crippen molar-refractivity contribution < 1.29 is 53.2 Å². The van der Waals surface area contributed by atoms with Crippen molar-refractivity contribution >= 4 is 106 Å². The summed E-state index contributed by atoms with van der Waals surface area (Å²) in [6.45, 7) is 8.12. The first-order chi connectivity index (χ1) is 28.9. The SMILES string of the molecule is CC(=O)c1cc(Cl)c(C)cc1F.CS(=O)(=O)NC(=O)c1cc(Cl)c(CBr)cc1F.Cc1cc(F)c(C(=O)NS(C)(=O)=O)cc1Cl.Cc1cc(F)ccc1Cl.Cc1cc(F)ccc1N. The van der Waals surface area contributed by atoms with Crippen LogP contribution in [0.25, 0.3) is 0 Å². The van der Waals surface area contributed by atoms with Gasteiger partial charge in [-0.1, -0.05) is 62.3 Å². The number of hydrogen-bond acceptors (Lipinski definition) is 8. The van der Waals surface area contributed by atoms with Crippen molar-refractivity contribution in [1.29, 1.82) is 0 Å². The maximum atomic E-state index is 13.5. The molecule has 0 saturated carbocycles. The third-order valence-electron chi connectivity index (χ3n) is 7.55. The fourth-order valence-electron chi connectivity index (χ4n) is 4.29. The topological polar surface area (TPSA) is 170 Å². The molecule has 0 aliphatic rings. The van der Waals surface area contributed by atoms with E-state index >= 15 is 0 Å². The maximum Gasteiger partial charge on any atom is 0.267 e. The molecular weight excluding hydrogens is 1030 g/mol. The highest BCUT2D eigenvalue weighted by Crippen LogP contribution is 2.24. The van der Waals surface area contributed by atoms with Gasteiger partial charge in [-0.15, -0.1) is 0 Å². The van der Waals surface area contributed by atoms with Gasteiger partial charge in [0, 0.05) is 31.1 Å². The summed E-state index contributed by atoms with van der Waals surface area (Å²) in [7, 11) is -7.46. The summed E-state index contributed by atoms with van der Waals surface area (Å²) in [6.07, 6.45) is 1.61. The number of benzene rings is 5. The normalized spacial score (nSPS) is 10.6. The Morgan fingerprint density at radius 3 is 1.29 bits per heavy atom. The van der Waals surface area contributed by atoms with E-state index in [2.05, 4.69) is 15.9 Å². The molecule has 0 aromatic heterocycles. The average molecular weight is 1070 g/mol. The summed E-state index contributed by atoms with van der Waals surface area (Å²) < 4.78 is 111. The summed E-state index contributed by atoms with van der Waals surface area (Å²) in [5, 5.41) is 1.73. The van der Waals surface area contributed by atoms with Crippen molar-refractivity contribution in [2.45, 2.75) is 39.9 Å². The van der Waals surface area contributed by atoms with Crippen LogP contribution in [-0.2, 0) is 25.4 Å². The number of amides is 2. The zero-order valence-corrected chi connectivity index (χ0v) is 40.4. The number of ketones is 1. The first-order valence-corrected chi connectivity index (χ1v) is 23.7. The molecule has 0 aliphatic heterocycles. The zero-order chi connectivity index (χ0) is 48.7. The van der Waals surface area contributed by atoms with E-state index in [1.165, 1.54) is 43.3 Å². The lowest BCUT2D eigenvalue weighted by Gasteiger charge is -2.07. The smallest absolute Gasteiger partial charge is 0.267 e. The predicted molar refractivity (Wildman–Crippen MR) is 243 cm³/mol. The molecule has 0 unspecified atom stereocenters. The molecule has 0 fully saturated rings. The molecule has 0 radical (unpaired) electrons. The molecule has 63 heavy (non-hydrogen) atoms. The van der Waals surface area contributed by atoms with Crippen LogP contribution < -0.4 is 15.2 Å². The van der Waals surface area contributed by atoms with Crippen LogP contribution in [0.15, 0.2) is 72.8 Å². The molecule has 10 nitrogen and oxygen atoms in total. The fourth-order valence-corrected chi connectivity index (χ4v) is 6.49. The van der Waals surface area contributed by atoms with Gasteiger partial charge in [-0.25, -0.2) is 48.2 Å². The number of halogens is 10. The number of Topliss-reactive ketones (excluding diaryl/α,β-unsaturated/α-hetero) is 1. The van der Waals surface area contributed by atoms with Gasteiger partial charge in [0.2, 0.25) is 20.0 Å². The minimum Gasteiger partial charge on any atom is -0.399 e. The number of nitrogens with one attached hydrogen (secondary N) is 2. The van der Waals surface area contributed by atoms with Crippen LogP contribution in [0.4, 0.5) is 27.6 Å². The summed E-state index contributed by atoms with van der Waals surface area (Å²) in [6, 6.07) is 15.6. The number of anilines is 1. The molecule has 0 heterocycles. The van der Waals surface area contributed by atoms with Gasteiger partial charge in [0.1, 0.15) is 29.1 Å². The van der Waals surface area contributed by atoms with Crippen LogP contribution in [-0.4, -0.2) is 46.9 Å². The van der Waals surface area contributed by atoms with Gasteiger partial charge >= 0.3 is 0 Å². The third-order valence-corrected chi connectivity index (χ3v) is 10.9. The molecule has 0 spiro atoms. The lowest BCUT2D eigenvalue weighted by Crippen LogP contribution is -2.30. The van der Waals surface area contributed by atoms with Gasteiger partial charge in [0.15, 0.2) is 5.78 Å². The molecule has 5 aromatic carbocycles. The Bertz CT molecular complexity index is 2670. The van der Waals surface area contributed by atoms with Gasteiger partial charge in [0.05, 0.1) is 29.2 Å². The number of rotatable bonds is 6. The fraction of sp³-hybridized carbons (Fsp3) is 0.195. The molecule has 0 aliphatic carbocycles. The van der Waals surface area contributed by atoms with Crippen molar-refractivity contribution in [1.82, 2.24) is 9.44 Å². The number of hydrogen-bond donors (Lipinski definition) is 3. The average Bonchev–Trinajstić information content (AvgIpc) is 3.15. The molecule has 5 aromatic rings. The van der Waals surface area contributed by atoms with Gasteiger partial charge in [-0.3, -0.25) is 14.4 Å². The van der Waals surface area contributed by atoms with Crippen molar-refractivity contribution in [3.63, 3.8) is 0 Å². The second kappa shape index (κ2) is 25.3. The Kier molecular flexibility index (Phi) is 22.7. The standard InChI is InChI=1S/C9H8BrClFNO3S.C9H9ClFNO3S.C9H8ClFO.C7H6ClF.C7H8FN/c1-17(15,16)13-9(14)6-3-7(11)5(4-10)2-8(6)12;1-5-3-8(11)6(4-7(5)10)9(13)12-16(2,14)15;1-5-3-9(11)7(6(2)12)4-8(5)10;1-5-4-6(9)2-3-7(5)8;1-5-4-6(8)2-3-7(5)9/h2-3H,4H2,1H3,(H,13,14);3-4H,1-2H3,(H,12,13);3-4H,1-2H3;2-4H,1H3;2-4H,9H2,1H3. The Labute approximate surface area is 390 Å². The largest absolute Gasteiger partial charge is 0.399 e. The highest BCUT2D eigenvalue weighted by atomic mass is 79.9. The van der Waals surface area contributed by atoms with E-state index in [0.717, 1.165) is 47.9 Å². The lowest BCUT2D eigenvalue weighted by atomic mass is 10.1. The van der Waals surface area contributed by atoms with E-state index in [1.807, 2.05) is 0 Å². The Balaban J connectivity index is 0.000000403. The number of sulfonamides is 2. The molecule has 4 N–H and O–H groups in total. The second-order valence-electron chi connectivity index (χ2n) is 13.1. The predicted octanol–water partition coefficient (Wildman–Crippen LogP) is 11.0. The van der Waals surface area contributed by atoms with Crippen LogP contribution in [0.5, 0.6) is 0 Å². The van der Waals surface area contributed by atoms with Crippen LogP contribution in [0.3, 0.4) is 0 Å². The lowest BCUT2D eigenvalue weighted by molar-refractivity contribution is 0.0968. The quantitative estimate of drug-likeness (QED) is 0.0653. The number of nitrogens with two attached hydrogens (primary N) is 1. The monoisotopic (exact) mass is 1060 g/mol. The summed E-state index contributed by atoms with van der Waals surface area (Å²) in [5.41, 5.74) is 8.43. The highest BCUT2D eigenvalue weighted by Gasteiger charge is 2.19. The number of carbonyl (C=O) groups is 3. The number of alkyl halides is 1. The van der Waals surface area contributed by atoms with Crippen molar-refractivity contribution in [3.8, 4) is 0 Å². The van der Waals surface area contributed by atoms with Gasteiger partial charge in [0.25, 0.3) is 11.8 Å². The van der Waals surface area contributed by atoms with E-state index in [4.69, 9.17) is 52.1 Å². The van der Waals surface area contributed by atoms with Crippen LogP contribution in [0, 0.1) is 56.8 Å². The molecule has 2 amide bonds. The minimum absolute atomic E-state index is 0.0469. The van der Waals surface area contributed by atoms with Crippen molar-refractivity contribution in [3.05, 3.63) is 166 Å². The number of aryl methyl sites for hydroxylation is 4. The molecule has 342 valence electrons. The first-order valence-electron chi connectivity index (χ1n) is 17.3. The Morgan fingerprint density at radius 2 is 0.921 bits per heavy atom. The van der Waals surface area contributed by atoms with Gasteiger partial charge in [-0.2, -0.15) is 0 Å². The van der Waals surface area contributed by atoms with Crippen LogP contribution in [0.1, 0.15) is 65.8 Å². The van der Waals surface area contributed by atoms with E-state index in [0.29, 0.717) is 37.8 Å². The molecule has 5 rings (SSSR count). The molecule has 0 saturated heterocycles. The molecule has 0 bridgehead atoms. The minimum atomic E-state index is -3.74. The number of carbonyl (C=O) groups excluding carboxylic acids is 3. The van der Waals surface area contributed by atoms with Gasteiger partial charge < -0.3 is 5.73 Å². The van der Waals surface area contributed by atoms with E-state index < -0.39 is 60.4 Å². The van der Waals surface area contributed by atoms with E-state index in [-0.39, 0.29) is 33.0 Å². The Morgan fingerprint density at radius 1 is 0.556 bits per heavy atom. The van der Waals surface area contributed by atoms with Crippen LogP contribution >= 0.6 is 62.3 Å². The molecule has 22 heteroatoms. The summed E-state index contributed by atoms with van der Waals surface area (Å²) in [4.78, 5) is 33.6.